The minimum absolute atomic E-state index is 0.199. The van der Waals surface area contributed by atoms with Gasteiger partial charge < -0.3 is 5.32 Å². The Hall–Kier alpha value is -3.15. The fraction of sp³-hybridized carbons (Fsp3) is 0.0526. The molecule has 4 rings (SSSR count). The first kappa shape index (κ1) is 17.3. The zero-order valence-electron chi connectivity index (χ0n) is 14.0. The molecule has 132 valence electrons. The van der Waals surface area contributed by atoms with Gasteiger partial charge in [-0.2, -0.15) is 10.4 Å². The van der Waals surface area contributed by atoms with Crippen LogP contribution >= 0.6 is 23.1 Å². The van der Waals surface area contributed by atoms with E-state index < -0.39 is 0 Å². The lowest BCUT2D eigenvalue weighted by atomic mass is 10.3. The summed E-state index contributed by atoms with van der Waals surface area (Å²) in [7, 11) is 0. The summed E-state index contributed by atoms with van der Waals surface area (Å²) in [5.41, 5.74) is 2.02. The number of anilines is 1. The second kappa shape index (κ2) is 7.61. The molecule has 0 aliphatic heterocycles. The normalized spacial score (nSPS) is 10.6. The average molecular weight is 391 g/mol. The molecule has 1 N–H and O–H groups in total. The van der Waals surface area contributed by atoms with Crippen molar-refractivity contribution in [1.82, 2.24) is 14.8 Å². The lowest BCUT2D eigenvalue weighted by molar-refractivity contribution is -0.113. The molecule has 0 bridgehead atoms. The van der Waals surface area contributed by atoms with Crippen LogP contribution in [0.1, 0.15) is 5.56 Å². The van der Waals surface area contributed by atoms with Gasteiger partial charge in [0.15, 0.2) is 10.2 Å². The van der Waals surface area contributed by atoms with Crippen LogP contribution in [0.5, 0.6) is 0 Å². The lowest BCUT2D eigenvalue weighted by Gasteiger charge is -2.09. The summed E-state index contributed by atoms with van der Waals surface area (Å²) in [6, 6.07) is 19.3. The molecule has 0 saturated heterocycles. The summed E-state index contributed by atoms with van der Waals surface area (Å²) in [5, 5.41) is 16.3. The number of carbonyl (C=O) groups excluding carboxylic acids is 1. The molecule has 4 aromatic rings. The van der Waals surface area contributed by atoms with Gasteiger partial charge in [0.2, 0.25) is 5.91 Å². The Balaban J connectivity index is 1.49. The number of rotatable bonds is 5. The molecule has 2 aromatic heterocycles. The van der Waals surface area contributed by atoms with Crippen LogP contribution in [0.2, 0.25) is 0 Å². The van der Waals surface area contributed by atoms with Gasteiger partial charge in [0.25, 0.3) is 0 Å². The molecule has 0 fully saturated rings. The van der Waals surface area contributed by atoms with Crippen LogP contribution in [0.4, 0.5) is 5.82 Å². The third-order valence-corrected chi connectivity index (χ3v) is 5.93. The number of aromatic nitrogens is 3. The average Bonchev–Trinajstić information content (AvgIpc) is 3.30. The first-order valence-electron chi connectivity index (χ1n) is 8.06. The molecule has 2 aromatic carbocycles. The van der Waals surface area contributed by atoms with E-state index >= 15 is 0 Å². The summed E-state index contributed by atoms with van der Waals surface area (Å²) in [4.78, 5) is 17.0. The van der Waals surface area contributed by atoms with E-state index in [1.54, 1.807) is 16.0 Å². The molecule has 0 radical (unpaired) electrons. The van der Waals surface area contributed by atoms with E-state index in [1.165, 1.54) is 18.0 Å². The molecule has 1 amide bonds. The highest BCUT2D eigenvalue weighted by atomic mass is 32.2. The Kier molecular flexibility index (Phi) is 4.87. The SMILES string of the molecule is N#Cc1cnn(-c2ccccc2)c1NC(=O)CSc1nc2ccccc2s1. The number of para-hydroxylation sites is 2. The van der Waals surface area contributed by atoms with Crippen LogP contribution in [0, 0.1) is 11.3 Å². The van der Waals surface area contributed by atoms with E-state index in [1.807, 2.05) is 54.6 Å². The van der Waals surface area contributed by atoms with Crippen LogP contribution in [-0.2, 0) is 4.79 Å². The Morgan fingerprint density at radius 1 is 1.19 bits per heavy atom. The molecule has 0 aliphatic rings. The van der Waals surface area contributed by atoms with E-state index in [-0.39, 0.29) is 11.7 Å². The van der Waals surface area contributed by atoms with Crippen molar-refractivity contribution in [1.29, 1.82) is 5.26 Å². The first-order valence-corrected chi connectivity index (χ1v) is 9.86. The Labute approximate surface area is 163 Å². The highest BCUT2D eigenvalue weighted by Crippen LogP contribution is 2.29. The number of nitriles is 1. The molecule has 0 aliphatic carbocycles. The minimum Gasteiger partial charge on any atom is -0.309 e. The van der Waals surface area contributed by atoms with E-state index in [2.05, 4.69) is 21.5 Å². The number of nitrogens with one attached hydrogen (secondary N) is 1. The van der Waals surface area contributed by atoms with Gasteiger partial charge in [0.1, 0.15) is 11.6 Å². The van der Waals surface area contributed by atoms with Crippen molar-refractivity contribution in [2.45, 2.75) is 4.34 Å². The third kappa shape index (κ3) is 3.69. The summed E-state index contributed by atoms with van der Waals surface area (Å²) >= 11 is 2.93. The molecule has 0 unspecified atom stereocenters. The number of thioether (sulfide) groups is 1. The summed E-state index contributed by atoms with van der Waals surface area (Å²) < 4.78 is 3.48. The van der Waals surface area contributed by atoms with Crippen LogP contribution in [0.15, 0.2) is 65.1 Å². The highest BCUT2D eigenvalue weighted by molar-refractivity contribution is 8.01. The third-order valence-electron chi connectivity index (χ3n) is 3.75. The second-order valence-electron chi connectivity index (χ2n) is 5.55. The van der Waals surface area contributed by atoms with Gasteiger partial charge in [-0.25, -0.2) is 9.67 Å². The van der Waals surface area contributed by atoms with Gasteiger partial charge in [-0.05, 0) is 24.3 Å². The van der Waals surface area contributed by atoms with Crippen LogP contribution < -0.4 is 5.32 Å². The van der Waals surface area contributed by atoms with Crippen molar-refractivity contribution in [2.75, 3.05) is 11.1 Å². The summed E-state index contributed by atoms with van der Waals surface area (Å²) in [5.74, 6) is 0.358. The molecular formula is C19H13N5OS2. The topological polar surface area (TPSA) is 83.6 Å². The fourth-order valence-corrected chi connectivity index (χ4v) is 4.39. The van der Waals surface area contributed by atoms with E-state index in [0.29, 0.717) is 11.4 Å². The molecular weight excluding hydrogens is 378 g/mol. The Morgan fingerprint density at radius 3 is 2.74 bits per heavy atom. The van der Waals surface area contributed by atoms with Crippen molar-refractivity contribution < 1.29 is 4.79 Å². The number of hydrogen-bond donors (Lipinski definition) is 1. The molecule has 8 heteroatoms. The van der Waals surface area contributed by atoms with Crippen LogP contribution in [-0.4, -0.2) is 26.4 Å². The molecule has 0 spiro atoms. The molecule has 0 saturated carbocycles. The molecule has 2 heterocycles. The number of amides is 1. The summed E-state index contributed by atoms with van der Waals surface area (Å²) in [6.07, 6.45) is 1.45. The van der Waals surface area contributed by atoms with Crippen molar-refractivity contribution >= 4 is 45.0 Å². The van der Waals surface area contributed by atoms with Gasteiger partial charge in [-0.15, -0.1) is 11.3 Å². The molecule has 0 atom stereocenters. The first-order chi connectivity index (χ1) is 13.2. The van der Waals surface area contributed by atoms with Gasteiger partial charge in [-0.1, -0.05) is 42.1 Å². The number of hydrogen-bond acceptors (Lipinski definition) is 6. The van der Waals surface area contributed by atoms with Gasteiger partial charge in [0.05, 0.1) is 27.9 Å². The predicted octanol–water partition coefficient (Wildman–Crippen LogP) is 4.08. The Bertz CT molecular complexity index is 1110. The van der Waals surface area contributed by atoms with Gasteiger partial charge in [0, 0.05) is 0 Å². The maximum Gasteiger partial charge on any atom is 0.236 e. The van der Waals surface area contributed by atoms with Gasteiger partial charge >= 0.3 is 0 Å². The highest BCUT2D eigenvalue weighted by Gasteiger charge is 2.16. The smallest absolute Gasteiger partial charge is 0.236 e. The molecule has 27 heavy (non-hydrogen) atoms. The van der Waals surface area contributed by atoms with Crippen LogP contribution in [0.3, 0.4) is 0 Å². The molecule has 6 nitrogen and oxygen atoms in total. The largest absolute Gasteiger partial charge is 0.309 e. The number of benzene rings is 2. The maximum atomic E-state index is 12.4. The number of thiazole rings is 1. The Morgan fingerprint density at radius 2 is 1.96 bits per heavy atom. The zero-order valence-corrected chi connectivity index (χ0v) is 15.6. The zero-order chi connectivity index (χ0) is 18.6. The number of nitrogens with zero attached hydrogens (tertiary/aromatic N) is 4. The lowest BCUT2D eigenvalue weighted by Crippen LogP contribution is -2.17. The van der Waals surface area contributed by atoms with E-state index in [4.69, 9.17) is 0 Å². The van der Waals surface area contributed by atoms with Gasteiger partial charge in [-0.3, -0.25) is 4.79 Å². The van der Waals surface area contributed by atoms with E-state index in [9.17, 15) is 10.1 Å². The number of carbonyl (C=O) groups is 1. The standard InChI is InChI=1S/C19H13N5OS2/c20-10-13-11-21-24(14-6-2-1-3-7-14)18(13)23-17(25)12-26-19-22-15-8-4-5-9-16(15)27-19/h1-9,11H,12H2,(H,23,25). The monoisotopic (exact) mass is 391 g/mol. The number of fused-ring (bicyclic) bond motifs is 1. The quantitative estimate of drug-likeness (QED) is 0.518. The van der Waals surface area contributed by atoms with Crippen molar-refractivity contribution in [3.05, 3.63) is 66.4 Å². The van der Waals surface area contributed by atoms with Crippen LogP contribution in [0.25, 0.3) is 15.9 Å². The maximum absolute atomic E-state index is 12.4. The van der Waals surface area contributed by atoms with Crippen molar-refractivity contribution in [3.63, 3.8) is 0 Å². The summed E-state index contributed by atoms with van der Waals surface area (Å²) in [6.45, 7) is 0. The second-order valence-corrected chi connectivity index (χ2v) is 7.80. The minimum atomic E-state index is -0.214. The predicted molar refractivity (Wildman–Crippen MR) is 107 cm³/mol. The van der Waals surface area contributed by atoms with Crippen molar-refractivity contribution in [2.24, 2.45) is 0 Å². The fourth-order valence-electron chi connectivity index (χ4n) is 2.52. The van der Waals surface area contributed by atoms with E-state index in [0.717, 1.165) is 20.2 Å². The van der Waals surface area contributed by atoms with Crippen molar-refractivity contribution in [3.8, 4) is 11.8 Å².